The van der Waals surface area contributed by atoms with E-state index in [-0.39, 0.29) is 12.1 Å². The second kappa shape index (κ2) is 6.77. The number of carbonyl (C=O) groups excluding carboxylic acids is 1. The molecule has 0 heterocycles. The average Bonchev–Trinajstić information content (AvgIpc) is 2.29. The van der Waals surface area contributed by atoms with Crippen LogP contribution in [0.2, 0.25) is 0 Å². The van der Waals surface area contributed by atoms with Crippen LogP contribution in [0.15, 0.2) is 0 Å². The molecular weight excluding hydrogens is 200 g/mol. The fourth-order valence-corrected chi connectivity index (χ4v) is 2.18. The summed E-state index contributed by atoms with van der Waals surface area (Å²) in [5.41, 5.74) is 0. The van der Waals surface area contributed by atoms with Crippen LogP contribution in [0.25, 0.3) is 0 Å². The van der Waals surface area contributed by atoms with E-state index >= 15 is 0 Å². The topological polar surface area (TPSA) is 41.1 Å². The SMILES string of the molecule is CCC(C)C(C)NC(=O)NC1CCCCC1. The lowest BCUT2D eigenvalue weighted by atomic mass is 9.95. The minimum atomic E-state index is 0.0136. The minimum Gasteiger partial charge on any atom is -0.335 e. The maximum absolute atomic E-state index is 11.7. The van der Waals surface area contributed by atoms with Gasteiger partial charge in [0.25, 0.3) is 0 Å². The predicted molar refractivity (Wildman–Crippen MR) is 67.5 cm³/mol. The first-order valence-electron chi connectivity index (χ1n) is 6.70. The van der Waals surface area contributed by atoms with Gasteiger partial charge in [-0.2, -0.15) is 0 Å². The van der Waals surface area contributed by atoms with Crippen molar-refractivity contribution < 1.29 is 4.79 Å². The molecule has 2 unspecified atom stereocenters. The zero-order chi connectivity index (χ0) is 12.0. The number of carbonyl (C=O) groups is 1. The fourth-order valence-electron chi connectivity index (χ4n) is 2.18. The van der Waals surface area contributed by atoms with Gasteiger partial charge in [-0.25, -0.2) is 4.79 Å². The van der Waals surface area contributed by atoms with Crippen LogP contribution in [0.1, 0.15) is 59.3 Å². The van der Waals surface area contributed by atoms with Gasteiger partial charge >= 0.3 is 6.03 Å². The van der Waals surface area contributed by atoms with Gasteiger partial charge in [0.05, 0.1) is 0 Å². The molecule has 1 fully saturated rings. The Bertz CT molecular complexity index is 206. The van der Waals surface area contributed by atoms with Crippen molar-refractivity contribution in [3.63, 3.8) is 0 Å². The third-order valence-electron chi connectivity index (χ3n) is 3.80. The summed E-state index contributed by atoms with van der Waals surface area (Å²) < 4.78 is 0. The Morgan fingerprint density at radius 2 is 1.88 bits per heavy atom. The van der Waals surface area contributed by atoms with E-state index in [1.54, 1.807) is 0 Å². The molecule has 0 spiro atoms. The number of hydrogen-bond donors (Lipinski definition) is 2. The highest BCUT2D eigenvalue weighted by Gasteiger charge is 2.17. The van der Waals surface area contributed by atoms with Crippen molar-refractivity contribution in [1.82, 2.24) is 10.6 Å². The Kier molecular flexibility index (Phi) is 5.64. The van der Waals surface area contributed by atoms with E-state index in [0.717, 1.165) is 19.3 Å². The molecule has 0 saturated heterocycles. The normalized spacial score (nSPS) is 21.2. The van der Waals surface area contributed by atoms with Gasteiger partial charge in [0, 0.05) is 12.1 Å². The molecule has 3 heteroatoms. The average molecular weight is 226 g/mol. The van der Waals surface area contributed by atoms with E-state index in [9.17, 15) is 4.79 Å². The highest BCUT2D eigenvalue weighted by molar-refractivity contribution is 5.74. The number of urea groups is 1. The molecular formula is C13H26N2O. The van der Waals surface area contributed by atoms with Crippen molar-refractivity contribution in [3.8, 4) is 0 Å². The first kappa shape index (κ1) is 13.3. The Morgan fingerprint density at radius 1 is 1.25 bits per heavy atom. The highest BCUT2D eigenvalue weighted by Crippen LogP contribution is 2.17. The van der Waals surface area contributed by atoms with Crippen LogP contribution in [0, 0.1) is 5.92 Å². The molecule has 0 aliphatic heterocycles. The monoisotopic (exact) mass is 226 g/mol. The first-order chi connectivity index (χ1) is 7.63. The van der Waals surface area contributed by atoms with E-state index in [0.29, 0.717) is 12.0 Å². The van der Waals surface area contributed by atoms with E-state index in [4.69, 9.17) is 0 Å². The zero-order valence-corrected chi connectivity index (χ0v) is 10.9. The van der Waals surface area contributed by atoms with Gasteiger partial charge in [0.2, 0.25) is 0 Å². The second-order valence-corrected chi connectivity index (χ2v) is 5.13. The Morgan fingerprint density at radius 3 is 2.44 bits per heavy atom. The Hall–Kier alpha value is -0.730. The maximum atomic E-state index is 11.7. The van der Waals surface area contributed by atoms with Crippen LogP contribution in [0.5, 0.6) is 0 Å². The molecule has 3 nitrogen and oxygen atoms in total. The molecule has 1 aliphatic carbocycles. The molecule has 1 aliphatic rings. The molecule has 0 aromatic rings. The minimum absolute atomic E-state index is 0.0136. The van der Waals surface area contributed by atoms with Gasteiger partial charge in [0.15, 0.2) is 0 Å². The summed E-state index contributed by atoms with van der Waals surface area (Å²) in [7, 11) is 0. The molecule has 16 heavy (non-hydrogen) atoms. The lowest BCUT2D eigenvalue weighted by molar-refractivity contribution is 0.225. The van der Waals surface area contributed by atoms with Gasteiger partial charge < -0.3 is 10.6 Å². The molecule has 0 aromatic heterocycles. The number of amides is 2. The molecule has 0 aromatic carbocycles. The van der Waals surface area contributed by atoms with E-state index < -0.39 is 0 Å². The molecule has 94 valence electrons. The van der Waals surface area contributed by atoms with E-state index in [1.807, 2.05) is 0 Å². The number of nitrogens with one attached hydrogen (secondary N) is 2. The lowest BCUT2D eigenvalue weighted by Gasteiger charge is -2.25. The van der Waals surface area contributed by atoms with Crippen molar-refractivity contribution in [2.45, 2.75) is 71.4 Å². The molecule has 1 saturated carbocycles. The zero-order valence-electron chi connectivity index (χ0n) is 10.9. The van der Waals surface area contributed by atoms with Gasteiger partial charge in [-0.3, -0.25) is 0 Å². The van der Waals surface area contributed by atoms with Crippen molar-refractivity contribution in [2.24, 2.45) is 5.92 Å². The quantitative estimate of drug-likeness (QED) is 0.760. The first-order valence-corrected chi connectivity index (χ1v) is 6.70. The summed E-state index contributed by atoms with van der Waals surface area (Å²) in [4.78, 5) is 11.7. The van der Waals surface area contributed by atoms with Crippen LogP contribution in [0.3, 0.4) is 0 Å². The van der Waals surface area contributed by atoms with Crippen LogP contribution >= 0.6 is 0 Å². The molecule has 1 rings (SSSR count). The summed E-state index contributed by atoms with van der Waals surface area (Å²) in [6.07, 6.45) is 7.22. The van der Waals surface area contributed by atoms with Gasteiger partial charge in [-0.05, 0) is 25.7 Å². The van der Waals surface area contributed by atoms with E-state index in [1.165, 1.54) is 19.3 Å². The summed E-state index contributed by atoms with van der Waals surface area (Å²) >= 11 is 0. The maximum Gasteiger partial charge on any atom is 0.315 e. The van der Waals surface area contributed by atoms with Crippen LogP contribution in [-0.2, 0) is 0 Å². The molecule has 0 radical (unpaired) electrons. The predicted octanol–water partition coefficient (Wildman–Crippen LogP) is 3.05. The number of hydrogen-bond acceptors (Lipinski definition) is 1. The largest absolute Gasteiger partial charge is 0.335 e. The standard InChI is InChI=1S/C13H26N2O/c1-4-10(2)11(3)14-13(16)15-12-8-6-5-7-9-12/h10-12H,4-9H2,1-3H3,(H2,14,15,16). The molecule has 2 atom stereocenters. The van der Waals surface area contributed by atoms with Crippen LogP contribution in [0.4, 0.5) is 4.79 Å². The highest BCUT2D eigenvalue weighted by atomic mass is 16.2. The molecule has 2 amide bonds. The summed E-state index contributed by atoms with van der Waals surface area (Å²) in [6.45, 7) is 6.40. The third kappa shape index (κ3) is 4.42. The lowest BCUT2D eigenvalue weighted by Crippen LogP contribution is -2.47. The number of rotatable bonds is 4. The summed E-state index contributed by atoms with van der Waals surface area (Å²) in [6, 6.07) is 0.672. The van der Waals surface area contributed by atoms with Gasteiger partial charge in [0.1, 0.15) is 0 Å². The van der Waals surface area contributed by atoms with Crippen molar-refractivity contribution in [2.75, 3.05) is 0 Å². The Balaban J connectivity index is 2.23. The van der Waals surface area contributed by atoms with Gasteiger partial charge in [-0.1, -0.05) is 39.5 Å². The molecule has 2 N–H and O–H groups in total. The summed E-state index contributed by atoms with van der Waals surface area (Å²) in [5.74, 6) is 0.539. The summed E-state index contributed by atoms with van der Waals surface area (Å²) in [5, 5.41) is 6.11. The fraction of sp³-hybridized carbons (Fsp3) is 0.923. The van der Waals surface area contributed by atoms with Crippen molar-refractivity contribution in [1.29, 1.82) is 0 Å². The van der Waals surface area contributed by atoms with Gasteiger partial charge in [-0.15, -0.1) is 0 Å². The smallest absolute Gasteiger partial charge is 0.315 e. The third-order valence-corrected chi connectivity index (χ3v) is 3.80. The Labute approximate surface area is 99.4 Å². The van der Waals surface area contributed by atoms with E-state index in [2.05, 4.69) is 31.4 Å². The van der Waals surface area contributed by atoms with Crippen LogP contribution < -0.4 is 10.6 Å². The molecule has 0 bridgehead atoms. The van der Waals surface area contributed by atoms with Crippen LogP contribution in [-0.4, -0.2) is 18.1 Å². The van der Waals surface area contributed by atoms with Crippen molar-refractivity contribution in [3.05, 3.63) is 0 Å². The van der Waals surface area contributed by atoms with Crippen molar-refractivity contribution >= 4 is 6.03 Å². The second-order valence-electron chi connectivity index (χ2n) is 5.13.